The van der Waals surface area contributed by atoms with Gasteiger partial charge in [-0.15, -0.1) is 0 Å². The van der Waals surface area contributed by atoms with E-state index in [4.69, 9.17) is 14.5 Å². The standard InChI is InChI=1S/C30H33N3O3/c1-5-35-24-16-19-33-25(20-24)31-26(27(33)22-10-7-6-8-11-22)21-12-14-23(15-13-21)30(17-9-18-30)32-28(34)36-29(2,3)4/h6-8,10-16,19-20H,5,9,17-18H2,1-4H3,(H,32,34). The number of imidazole rings is 1. The zero-order valence-electron chi connectivity index (χ0n) is 21.4. The van der Waals surface area contributed by atoms with Gasteiger partial charge in [0.1, 0.15) is 17.0 Å². The van der Waals surface area contributed by atoms with Crippen LogP contribution in [0.4, 0.5) is 4.79 Å². The van der Waals surface area contributed by atoms with Crippen LogP contribution in [0.5, 0.6) is 5.75 Å². The summed E-state index contributed by atoms with van der Waals surface area (Å²) in [6.45, 7) is 8.22. The summed E-state index contributed by atoms with van der Waals surface area (Å²) in [6, 6.07) is 22.7. The van der Waals surface area contributed by atoms with Crippen molar-refractivity contribution < 1.29 is 14.3 Å². The van der Waals surface area contributed by atoms with Crippen LogP contribution in [-0.4, -0.2) is 27.7 Å². The highest BCUT2D eigenvalue weighted by Crippen LogP contribution is 2.42. The van der Waals surface area contributed by atoms with Crippen molar-refractivity contribution in [2.45, 2.75) is 58.1 Å². The summed E-state index contributed by atoms with van der Waals surface area (Å²) in [5, 5.41) is 3.14. The van der Waals surface area contributed by atoms with Crippen molar-refractivity contribution in [2.24, 2.45) is 0 Å². The van der Waals surface area contributed by atoms with Crippen LogP contribution in [0.15, 0.2) is 72.9 Å². The first-order chi connectivity index (χ1) is 17.3. The number of carbonyl (C=O) groups excluding carboxylic acids is 1. The summed E-state index contributed by atoms with van der Waals surface area (Å²) < 4.78 is 13.4. The number of benzene rings is 2. The summed E-state index contributed by atoms with van der Waals surface area (Å²) in [5.74, 6) is 0.802. The van der Waals surface area contributed by atoms with Gasteiger partial charge in [0.25, 0.3) is 0 Å². The minimum absolute atomic E-state index is 0.372. The minimum atomic E-state index is -0.530. The number of pyridine rings is 1. The number of nitrogens with one attached hydrogen (secondary N) is 1. The maximum Gasteiger partial charge on any atom is 0.408 e. The van der Waals surface area contributed by atoms with Gasteiger partial charge in [-0.2, -0.15) is 0 Å². The Morgan fingerprint density at radius 2 is 1.75 bits per heavy atom. The second kappa shape index (κ2) is 9.34. The van der Waals surface area contributed by atoms with Gasteiger partial charge in [-0.3, -0.25) is 4.40 Å². The second-order valence-electron chi connectivity index (χ2n) is 10.3. The van der Waals surface area contributed by atoms with Gasteiger partial charge in [0, 0.05) is 23.4 Å². The van der Waals surface area contributed by atoms with E-state index in [-0.39, 0.29) is 11.6 Å². The molecule has 6 nitrogen and oxygen atoms in total. The predicted octanol–water partition coefficient (Wildman–Crippen LogP) is 6.97. The van der Waals surface area contributed by atoms with E-state index in [0.29, 0.717) is 6.61 Å². The molecule has 5 rings (SSSR count). The van der Waals surface area contributed by atoms with Crippen LogP contribution in [0.3, 0.4) is 0 Å². The van der Waals surface area contributed by atoms with Gasteiger partial charge in [-0.05, 0) is 58.6 Å². The maximum absolute atomic E-state index is 12.5. The number of hydrogen-bond donors (Lipinski definition) is 1. The van der Waals surface area contributed by atoms with Gasteiger partial charge in [-0.1, -0.05) is 54.6 Å². The van der Waals surface area contributed by atoms with Gasteiger partial charge in [0.2, 0.25) is 0 Å². The SMILES string of the molecule is CCOc1ccn2c(-c3ccccc3)c(-c3ccc(C4(NC(=O)OC(C)(C)C)CCC4)cc3)nc2c1. The second-order valence-corrected chi connectivity index (χ2v) is 10.3. The highest BCUT2D eigenvalue weighted by molar-refractivity contribution is 5.82. The molecule has 1 aliphatic carbocycles. The van der Waals surface area contributed by atoms with Crippen molar-refractivity contribution in [1.82, 2.24) is 14.7 Å². The fourth-order valence-corrected chi connectivity index (χ4v) is 4.82. The first-order valence-electron chi connectivity index (χ1n) is 12.6. The third-order valence-electron chi connectivity index (χ3n) is 6.61. The molecule has 1 aliphatic rings. The van der Waals surface area contributed by atoms with Crippen molar-refractivity contribution in [1.29, 1.82) is 0 Å². The van der Waals surface area contributed by atoms with E-state index in [9.17, 15) is 4.79 Å². The summed E-state index contributed by atoms with van der Waals surface area (Å²) in [6.07, 6.45) is 4.51. The molecule has 2 aromatic carbocycles. The molecular formula is C30H33N3O3. The Kier molecular flexibility index (Phi) is 6.20. The molecule has 4 aromatic rings. The Morgan fingerprint density at radius 1 is 1.03 bits per heavy atom. The highest BCUT2D eigenvalue weighted by Gasteiger charge is 2.41. The van der Waals surface area contributed by atoms with Gasteiger partial charge < -0.3 is 14.8 Å². The number of ether oxygens (including phenoxy) is 2. The molecule has 0 atom stereocenters. The molecule has 1 saturated carbocycles. The lowest BCUT2D eigenvalue weighted by atomic mass is 9.71. The zero-order valence-corrected chi connectivity index (χ0v) is 21.4. The Bertz CT molecular complexity index is 1360. The molecule has 0 spiro atoms. The number of fused-ring (bicyclic) bond motifs is 1. The van der Waals surface area contributed by atoms with E-state index in [1.165, 1.54) is 0 Å². The third kappa shape index (κ3) is 4.68. The summed E-state index contributed by atoms with van der Waals surface area (Å²) in [7, 11) is 0. The first kappa shape index (κ1) is 23.9. The van der Waals surface area contributed by atoms with E-state index < -0.39 is 5.60 Å². The molecule has 0 saturated heterocycles. The average molecular weight is 484 g/mol. The van der Waals surface area contributed by atoms with Crippen molar-refractivity contribution in [3.63, 3.8) is 0 Å². The predicted molar refractivity (Wildman–Crippen MR) is 142 cm³/mol. The fraction of sp³-hybridized carbons (Fsp3) is 0.333. The van der Waals surface area contributed by atoms with Gasteiger partial charge in [0.15, 0.2) is 0 Å². The lowest BCUT2D eigenvalue weighted by Crippen LogP contribution is -2.52. The van der Waals surface area contributed by atoms with Crippen molar-refractivity contribution in [3.8, 4) is 28.3 Å². The number of amides is 1. The van der Waals surface area contributed by atoms with Gasteiger partial charge in [-0.25, -0.2) is 9.78 Å². The van der Waals surface area contributed by atoms with E-state index in [2.05, 4.69) is 46.1 Å². The van der Waals surface area contributed by atoms with Crippen LogP contribution < -0.4 is 10.1 Å². The Labute approximate surface area is 212 Å². The van der Waals surface area contributed by atoms with E-state index >= 15 is 0 Å². The van der Waals surface area contributed by atoms with Gasteiger partial charge >= 0.3 is 6.09 Å². The molecule has 0 bridgehead atoms. The minimum Gasteiger partial charge on any atom is -0.494 e. The number of alkyl carbamates (subject to hydrolysis) is 1. The van der Waals surface area contributed by atoms with Crippen molar-refractivity contribution in [3.05, 3.63) is 78.5 Å². The Morgan fingerprint density at radius 3 is 2.36 bits per heavy atom. The molecule has 0 radical (unpaired) electrons. The molecule has 1 fully saturated rings. The average Bonchev–Trinajstić information content (AvgIpc) is 3.20. The van der Waals surface area contributed by atoms with Gasteiger partial charge in [0.05, 0.1) is 23.5 Å². The van der Waals surface area contributed by atoms with E-state index in [1.54, 1.807) is 0 Å². The summed E-state index contributed by atoms with van der Waals surface area (Å²) in [4.78, 5) is 17.6. The summed E-state index contributed by atoms with van der Waals surface area (Å²) in [5.41, 5.74) is 5.07. The summed E-state index contributed by atoms with van der Waals surface area (Å²) >= 11 is 0. The number of hydrogen-bond acceptors (Lipinski definition) is 4. The van der Waals surface area contributed by atoms with Crippen LogP contribution in [0.25, 0.3) is 28.2 Å². The highest BCUT2D eigenvalue weighted by atomic mass is 16.6. The maximum atomic E-state index is 12.5. The van der Waals surface area contributed by atoms with E-state index in [0.717, 1.165) is 58.7 Å². The topological polar surface area (TPSA) is 64.9 Å². The molecule has 1 amide bonds. The quantitative estimate of drug-likeness (QED) is 0.322. The molecule has 2 heterocycles. The normalized spacial score (nSPS) is 14.8. The number of aromatic nitrogens is 2. The lowest BCUT2D eigenvalue weighted by Gasteiger charge is -2.43. The molecule has 6 heteroatoms. The van der Waals surface area contributed by atoms with Crippen LogP contribution >= 0.6 is 0 Å². The van der Waals surface area contributed by atoms with Crippen LogP contribution in [0.2, 0.25) is 0 Å². The molecule has 0 aliphatic heterocycles. The smallest absolute Gasteiger partial charge is 0.408 e. The van der Waals surface area contributed by atoms with Crippen LogP contribution in [0, 0.1) is 0 Å². The molecular weight excluding hydrogens is 450 g/mol. The molecule has 36 heavy (non-hydrogen) atoms. The van der Waals surface area contributed by atoms with Crippen LogP contribution in [-0.2, 0) is 10.3 Å². The Balaban J connectivity index is 1.52. The number of carbonyl (C=O) groups is 1. The first-order valence-corrected chi connectivity index (χ1v) is 12.6. The molecule has 186 valence electrons. The monoisotopic (exact) mass is 483 g/mol. The molecule has 0 unspecified atom stereocenters. The fourth-order valence-electron chi connectivity index (χ4n) is 4.82. The zero-order chi connectivity index (χ0) is 25.3. The molecule has 1 N–H and O–H groups in total. The van der Waals surface area contributed by atoms with Crippen molar-refractivity contribution in [2.75, 3.05) is 6.61 Å². The lowest BCUT2D eigenvalue weighted by molar-refractivity contribution is 0.0377. The van der Waals surface area contributed by atoms with Crippen molar-refractivity contribution >= 4 is 11.7 Å². The number of rotatable bonds is 6. The largest absolute Gasteiger partial charge is 0.494 e. The number of nitrogens with zero attached hydrogens (tertiary/aromatic N) is 2. The molecule has 2 aromatic heterocycles. The third-order valence-corrected chi connectivity index (χ3v) is 6.61. The van der Waals surface area contributed by atoms with E-state index in [1.807, 2.05) is 64.2 Å². The Hall–Kier alpha value is -3.80. The van der Waals surface area contributed by atoms with Crippen LogP contribution in [0.1, 0.15) is 52.5 Å².